The van der Waals surface area contributed by atoms with Gasteiger partial charge in [0.15, 0.2) is 4.45 Å². The summed E-state index contributed by atoms with van der Waals surface area (Å²) in [6, 6.07) is 3.48. The summed E-state index contributed by atoms with van der Waals surface area (Å²) in [4.78, 5) is 0. The van der Waals surface area contributed by atoms with Crippen molar-refractivity contribution in [1.29, 1.82) is 0 Å². The van der Waals surface area contributed by atoms with Crippen LogP contribution in [0.4, 0.5) is 14.5 Å². The number of halogens is 3. The fourth-order valence-corrected chi connectivity index (χ4v) is 0.912. The van der Waals surface area contributed by atoms with Crippen LogP contribution < -0.4 is 5.32 Å². The molecule has 1 rings (SSSR count). The minimum atomic E-state index is -0.724. The number of anilines is 1. The van der Waals surface area contributed by atoms with Crippen LogP contribution in [-0.2, 0) is 0 Å². The molecule has 0 heterocycles. The van der Waals surface area contributed by atoms with Gasteiger partial charge >= 0.3 is 0 Å². The van der Waals surface area contributed by atoms with E-state index in [0.29, 0.717) is 0 Å². The van der Waals surface area contributed by atoms with E-state index in [9.17, 15) is 8.78 Å². The van der Waals surface area contributed by atoms with Crippen LogP contribution in [0.2, 0.25) is 0 Å². The molecule has 1 nitrogen and oxygen atoms in total. The van der Waals surface area contributed by atoms with Crippen LogP contribution in [0.5, 0.6) is 0 Å². The molecule has 5 heteroatoms. The maximum absolute atomic E-state index is 12.8. The molecule has 1 aromatic rings. The molecule has 64 valence electrons. The summed E-state index contributed by atoms with van der Waals surface area (Å²) in [7, 11) is 0. The lowest BCUT2D eigenvalue weighted by molar-refractivity contribution is 0.591. The van der Waals surface area contributed by atoms with Crippen molar-refractivity contribution in [2.75, 3.05) is 5.32 Å². The predicted octanol–water partition coefficient (Wildman–Crippen LogP) is 2.90. The number of rotatable bonds is 1. The normalized spacial score (nSPS) is 9.58. The lowest BCUT2D eigenvalue weighted by atomic mass is 10.3. The molecule has 0 aromatic heterocycles. The van der Waals surface area contributed by atoms with Crippen LogP contribution in [0.3, 0.4) is 0 Å². The second-order valence-electron chi connectivity index (χ2n) is 2.00. The van der Waals surface area contributed by atoms with Gasteiger partial charge in [-0.1, -0.05) is 17.7 Å². The first-order chi connectivity index (χ1) is 5.61. The first-order valence-corrected chi connectivity index (χ1v) is 3.80. The summed E-state index contributed by atoms with van der Waals surface area (Å²) in [5.74, 6) is -1.45. The minimum Gasteiger partial charge on any atom is -0.332 e. The Morgan fingerprint density at radius 2 is 1.83 bits per heavy atom. The van der Waals surface area contributed by atoms with E-state index in [4.69, 9.17) is 11.6 Å². The molecule has 0 aliphatic heterocycles. The second kappa shape index (κ2) is 3.78. The summed E-state index contributed by atoms with van der Waals surface area (Å²) in [5, 5.41) is 2.19. The van der Waals surface area contributed by atoms with Crippen molar-refractivity contribution >= 4 is 34.0 Å². The Morgan fingerprint density at radius 3 is 2.25 bits per heavy atom. The summed E-state index contributed by atoms with van der Waals surface area (Å²) in [6.45, 7) is 0. The Kier molecular flexibility index (Phi) is 2.94. The van der Waals surface area contributed by atoms with E-state index in [1.54, 1.807) is 0 Å². The highest BCUT2D eigenvalue weighted by Gasteiger charge is 2.07. The predicted molar refractivity (Wildman–Crippen MR) is 48.4 cm³/mol. The van der Waals surface area contributed by atoms with Crippen LogP contribution in [0, 0.1) is 11.6 Å². The van der Waals surface area contributed by atoms with Gasteiger partial charge in [0.1, 0.15) is 17.3 Å². The summed E-state index contributed by atoms with van der Waals surface area (Å²) < 4.78 is 25.4. The summed E-state index contributed by atoms with van der Waals surface area (Å²) >= 11 is 9.66. The SMILES string of the molecule is Fc1cccc(F)c1NC(=S)Cl. The van der Waals surface area contributed by atoms with E-state index in [-0.39, 0.29) is 10.1 Å². The van der Waals surface area contributed by atoms with Gasteiger partial charge in [0.05, 0.1) is 0 Å². The molecule has 0 amide bonds. The number of hydrogen-bond acceptors (Lipinski definition) is 1. The molecule has 0 spiro atoms. The van der Waals surface area contributed by atoms with E-state index < -0.39 is 11.6 Å². The summed E-state index contributed by atoms with van der Waals surface area (Å²) in [6.07, 6.45) is 0. The van der Waals surface area contributed by atoms with Crippen LogP contribution in [0.15, 0.2) is 18.2 Å². The largest absolute Gasteiger partial charge is 0.332 e. The fourth-order valence-electron chi connectivity index (χ4n) is 0.716. The third-order valence-electron chi connectivity index (χ3n) is 1.19. The van der Waals surface area contributed by atoms with Crippen molar-refractivity contribution in [2.24, 2.45) is 0 Å². The number of para-hydroxylation sites is 1. The van der Waals surface area contributed by atoms with Crippen LogP contribution in [-0.4, -0.2) is 4.45 Å². The second-order valence-corrected chi connectivity index (χ2v) is 3.01. The first kappa shape index (κ1) is 9.35. The van der Waals surface area contributed by atoms with E-state index >= 15 is 0 Å². The minimum absolute atomic E-state index is 0.195. The Balaban J connectivity index is 3.04. The molecule has 12 heavy (non-hydrogen) atoms. The highest BCUT2D eigenvalue weighted by atomic mass is 35.5. The number of thiocarbonyl (C=S) groups is 1. The zero-order valence-electron chi connectivity index (χ0n) is 5.77. The molecule has 0 fully saturated rings. The van der Waals surface area contributed by atoms with Crippen LogP contribution in [0.25, 0.3) is 0 Å². The maximum atomic E-state index is 12.8. The Labute approximate surface area is 78.3 Å². The lowest BCUT2D eigenvalue weighted by Crippen LogP contribution is -2.04. The number of nitrogens with one attached hydrogen (secondary N) is 1. The molecule has 0 aliphatic rings. The molecule has 0 unspecified atom stereocenters. The molecule has 0 bridgehead atoms. The van der Waals surface area contributed by atoms with E-state index in [2.05, 4.69) is 17.5 Å². The zero-order valence-corrected chi connectivity index (χ0v) is 7.35. The highest BCUT2D eigenvalue weighted by Crippen LogP contribution is 2.18. The fraction of sp³-hybridized carbons (Fsp3) is 0. The Morgan fingerprint density at radius 1 is 1.33 bits per heavy atom. The third kappa shape index (κ3) is 2.12. The Hall–Kier alpha value is -0.740. The van der Waals surface area contributed by atoms with Crippen LogP contribution >= 0.6 is 23.8 Å². The van der Waals surface area contributed by atoms with Gasteiger partial charge in [0.2, 0.25) is 0 Å². The van der Waals surface area contributed by atoms with Gasteiger partial charge in [-0.3, -0.25) is 0 Å². The topological polar surface area (TPSA) is 12.0 Å². The van der Waals surface area contributed by atoms with E-state index in [1.165, 1.54) is 6.07 Å². The Bertz CT molecular complexity index is 296. The average molecular weight is 208 g/mol. The molecular formula is C7H4ClF2NS. The van der Waals surface area contributed by atoms with Crippen molar-refractivity contribution < 1.29 is 8.78 Å². The average Bonchev–Trinajstić information content (AvgIpc) is 1.97. The monoisotopic (exact) mass is 207 g/mol. The van der Waals surface area contributed by atoms with Crippen molar-refractivity contribution in [3.8, 4) is 0 Å². The van der Waals surface area contributed by atoms with Gasteiger partial charge in [0.25, 0.3) is 0 Å². The molecule has 1 aromatic carbocycles. The van der Waals surface area contributed by atoms with Crippen molar-refractivity contribution in [2.45, 2.75) is 0 Å². The van der Waals surface area contributed by atoms with Crippen molar-refractivity contribution in [3.05, 3.63) is 29.8 Å². The van der Waals surface area contributed by atoms with Gasteiger partial charge in [-0.15, -0.1) is 0 Å². The molecule has 1 N–H and O–H groups in total. The van der Waals surface area contributed by atoms with E-state index in [0.717, 1.165) is 12.1 Å². The van der Waals surface area contributed by atoms with Gasteiger partial charge in [-0.2, -0.15) is 0 Å². The van der Waals surface area contributed by atoms with Crippen LogP contribution in [0.1, 0.15) is 0 Å². The van der Waals surface area contributed by atoms with Gasteiger partial charge < -0.3 is 5.32 Å². The number of benzene rings is 1. The van der Waals surface area contributed by atoms with Crippen molar-refractivity contribution in [1.82, 2.24) is 0 Å². The standard InChI is InChI=1S/C7H4ClF2NS/c8-7(12)11-6-4(9)2-1-3-5(6)10/h1-3H,(H,11,12). The maximum Gasteiger partial charge on any atom is 0.171 e. The number of hydrogen-bond donors (Lipinski definition) is 1. The van der Waals surface area contributed by atoms with E-state index in [1.807, 2.05) is 0 Å². The lowest BCUT2D eigenvalue weighted by Gasteiger charge is -2.04. The molecule has 0 saturated heterocycles. The molecule has 0 aliphatic carbocycles. The molecule has 0 saturated carbocycles. The van der Waals surface area contributed by atoms with Gasteiger partial charge in [0, 0.05) is 0 Å². The van der Waals surface area contributed by atoms with Gasteiger partial charge in [-0.25, -0.2) is 8.78 Å². The molecule has 0 atom stereocenters. The quantitative estimate of drug-likeness (QED) is 0.432. The van der Waals surface area contributed by atoms with Crippen molar-refractivity contribution in [3.63, 3.8) is 0 Å². The third-order valence-corrected chi connectivity index (χ3v) is 1.38. The molecular weight excluding hydrogens is 204 g/mol. The smallest absolute Gasteiger partial charge is 0.171 e. The first-order valence-electron chi connectivity index (χ1n) is 3.02. The van der Waals surface area contributed by atoms with Gasteiger partial charge in [-0.05, 0) is 24.4 Å². The highest BCUT2D eigenvalue weighted by molar-refractivity contribution is 7.83. The summed E-state index contributed by atoms with van der Waals surface area (Å²) in [5.41, 5.74) is -0.322. The molecule has 0 radical (unpaired) electrons. The zero-order chi connectivity index (χ0) is 9.14.